The Bertz CT molecular complexity index is 358. The Morgan fingerprint density at radius 2 is 2.20 bits per heavy atom. The Morgan fingerprint density at radius 3 is 2.87 bits per heavy atom. The standard InChI is InChI=1S/C12H14FNO/c13-12(6-3-7-14-9-12)11-5-2-1-4-10(11)8-15/h1-2,4-5,8,14H,3,6-7,9H2. The number of nitrogens with one attached hydrogen (secondary N) is 1. The number of halogens is 1. The molecule has 0 aliphatic carbocycles. The van der Waals surface area contributed by atoms with Crippen LogP contribution in [0.3, 0.4) is 0 Å². The number of piperidine rings is 1. The van der Waals surface area contributed by atoms with Crippen molar-refractivity contribution in [2.45, 2.75) is 18.5 Å². The summed E-state index contributed by atoms with van der Waals surface area (Å²) in [5, 5.41) is 3.03. The SMILES string of the molecule is O=Cc1ccccc1C1(F)CCCNC1. The van der Waals surface area contributed by atoms with E-state index in [0.29, 0.717) is 24.1 Å². The van der Waals surface area contributed by atoms with Gasteiger partial charge in [-0.1, -0.05) is 24.3 Å². The molecule has 0 aromatic heterocycles. The summed E-state index contributed by atoms with van der Waals surface area (Å²) in [6.45, 7) is 1.16. The molecule has 0 spiro atoms. The predicted molar refractivity (Wildman–Crippen MR) is 56.7 cm³/mol. The number of rotatable bonds is 2. The minimum absolute atomic E-state index is 0.303. The summed E-state index contributed by atoms with van der Waals surface area (Å²) in [6.07, 6.45) is 2.03. The molecule has 0 bridgehead atoms. The fraction of sp³-hybridized carbons (Fsp3) is 0.417. The van der Waals surface area contributed by atoms with Crippen LogP contribution in [0, 0.1) is 0 Å². The zero-order valence-electron chi connectivity index (χ0n) is 8.50. The van der Waals surface area contributed by atoms with E-state index in [1.807, 2.05) is 0 Å². The van der Waals surface area contributed by atoms with Crippen molar-refractivity contribution in [3.63, 3.8) is 0 Å². The van der Waals surface area contributed by atoms with Gasteiger partial charge in [0.2, 0.25) is 0 Å². The van der Waals surface area contributed by atoms with Crippen LogP contribution in [0.2, 0.25) is 0 Å². The van der Waals surface area contributed by atoms with Gasteiger partial charge in [0, 0.05) is 17.7 Å². The molecule has 1 aromatic rings. The zero-order chi connectivity index (χ0) is 10.7. The second kappa shape index (κ2) is 4.11. The molecular weight excluding hydrogens is 193 g/mol. The average Bonchev–Trinajstić information content (AvgIpc) is 2.30. The lowest BCUT2D eigenvalue weighted by molar-refractivity contribution is 0.107. The van der Waals surface area contributed by atoms with Crippen molar-refractivity contribution in [2.75, 3.05) is 13.1 Å². The smallest absolute Gasteiger partial charge is 0.150 e. The fourth-order valence-corrected chi connectivity index (χ4v) is 2.11. The van der Waals surface area contributed by atoms with Crippen LogP contribution in [-0.4, -0.2) is 19.4 Å². The second-order valence-electron chi connectivity index (χ2n) is 3.95. The molecule has 1 unspecified atom stereocenters. The summed E-state index contributed by atoms with van der Waals surface area (Å²) in [5.41, 5.74) is -0.397. The minimum atomic E-state index is -1.38. The maximum Gasteiger partial charge on any atom is 0.150 e. The van der Waals surface area contributed by atoms with Gasteiger partial charge in [0.05, 0.1) is 0 Å². The lowest BCUT2D eigenvalue weighted by Crippen LogP contribution is -2.40. The molecule has 0 saturated carbocycles. The van der Waals surface area contributed by atoms with E-state index in [-0.39, 0.29) is 0 Å². The van der Waals surface area contributed by atoms with E-state index >= 15 is 0 Å². The third-order valence-electron chi connectivity index (χ3n) is 2.90. The van der Waals surface area contributed by atoms with Crippen molar-refractivity contribution >= 4 is 6.29 Å². The van der Waals surface area contributed by atoms with Gasteiger partial charge >= 0.3 is 0 Å². The summed E-state index contributed by atoms with van der Waals surface area (Å²) in [6, 6.07) is 6.90. The van der Waals surface area contributed by atoms with Crippen molar-refractivity contribution in [1.29, 1.82) is 0 Å². The van der Waals surface area contributed by atoms with Gasteiger partial charge in [-0.25, -0.2) is 4.39 Å². The van der Waals surface area contributed by atoms with Crippen LogP contribution in [0.1, 0.15) is 28.8 Å². The quantitative estimate of drug-likeness (QED) is 0.752. The van der Waals surface area contributed by atoms with Crippen LogP contribution in [0.25, 0.3) is 0 Å². The number of aldehydes is 1. The molecule has 1 aromatic carbocycles. The highest BCUT2D eigenvalue weighted by atomic mass is 19.1. The first kappa shape index (κ1) is 10.3. The number of hydrogen-bond donors (Lipinski definition) is 1. The Kier molecular flexibility index (Phi) is 2.82. The Morgan fingerprint density at radius 1 is 1.40 bits per heavy atom. The lowest BCUT2D eigenvalue weighted by Gasteiger charge is -2.31. The van der Waals surface area contributed by atoms with Crippen LogP contribution in [0.15, 0.2) is 24.3 Å². The maximum atomic E-state index is 14.5. The average molecular weight is 207 g/mol. The molecule has 1 atom stereocenters. The molecule has 1 N–H and O–H groups in total. The Hall–Kier alpha value is -1.22. The Balaban J connectivity index is 2.38. The van der Waals surface area contributed by atoms with Gasteiger partial charge in [-0.05, 0) is 19.4 Å². The first-order valence-electron chi connectivity index (χ1n) is 5.20. The van der Waals surface area contributed by atoms with E-state index in [1.54, 1.807) is 24.3 Å². The van der Waals surface area contributed by atoms with Crippen molar-refractivity contribution < 1.29 is 9.18 Å². The van der Waals surface area contributed by atoms with Crippen LogP contribution in [0.5, 0.6) is 0 Å². The van der Waals surface area contributed by atoms with E-state index in [2.05, 4.69) is 5.32 Å². The zero-order valence-corrected chi connectivity index (χ0v) is 8.50. The van der Waals surface area contributed by atoms with Gasteiger partial charge in [-0.2, -0.15) is 0 Å². The van der Waals surface area contributed by atoms with Gasteiger partial charge in [0.1, 0.15) is 12.0 Å². The molecule has 0 amide bonds. The molecule has 1 aliphatic heterocycles. The van der Waals surface area contributed by atoms with Crippen LogP contribution in [-0.2, 0) is 5.67 Å². The second-order valence-corrected chi connectivity index (χ2v) is 3.95. The highest BCUT2D eigenvalue weighted by Crippen LogP contribution is 2.34. The van der Waals surface area contributed by atoms with Gasteiger partial charge in [0.15, 0.2) is 0 Å². The van der Waals surface area contributed by atoms with Crippen molar-refractivity contribution in [2.24, 2.45) is 0 Å². The van der Waals surface area contributed by atoms with Gasteiger partial charge in [-0.15, -0.1) is 0 Å². The van der Waals surface area contributed by atoms with E-state index in [9.17, 15) is 9.18 Å². The Labute approximate surface area is 88.5 Å². The van der Waals surface area contributed by atoms with Gasteiger partial charge in [0.25, 0.3) is 0 Å². The van der Waals surface area contributed by atoms with E-state index < -0.39 is 5.67 Å². The van der Waals surface area contributed by atoms with Crippen molar-refractivity contribution in [3.8, 4) is 0 Å². The van der Waals surface area contributed by atoms with Crippen molar-refractivity contribution in [1.82, 2.24) is 5.32 Å². The topological polar surface area (TPSA) is 29.1 Å². The van der Waals surface area contributed by atoms with Crippen molar-refractivity contribution in [3.05, 3.63) is 35.4 Å². The molecular formula is C12H14FNO. The highest BCUT2D eigenvalue weighted by Gasteiger charge is 2.35. The molecule has 1 saturated heterocycles. The molecule has 2 rings (SSSR count). The minimum Gasteiger partial charge on any atom is -0.313 e. The monoisotopic (exact) mass is 207 g/mol. The number of alkyl halides is 1. The molecule has 1 heterocycles. The molecule has 15 heavy (non-hydrogen) atoms. The predicted octanol–water partition coefficient (Wildman–Crippen LogP) is 2.05. The molecule has 1 aliphatic rings. The van der Waals surface area contributed by atoms with Crippen LogP contribution < -0.4 is 5.32 Å². The summed E-state index contributed by atoms with van der Waals surface area (Å²) >= 11 is 0. The van der Waals surface area contributed by atoms with Crippen LogP contribution in [0.4, 0.5) is 4.39 Å². The van der Waals surface area contributed by atoms with Gasteiger partial charge < -0.3 is 5.32 Å². The molecule has 2 nitrogen and oxygen atoms in total. The molecule has 3 heteroatoms. The number of benzene rings is 1. The summed E-state index contributed by atoms with van der Waals surface area (Å²) < 4.78 is 14.5. The number of hydrogen-bond acceptors (Lipinski definition) is 2. The summed E-state index contributed by atoms with van der Waals surface area (Å²) in [4.78, 5) is 10.8. The third-order valence-corrected chi connectivity index (χ3v) is 2.90. The van der Waals surface area contributed by atoms with E-state index in [1.165, 1.54) is 0 Å². The summed E-state index contributed by atoms with van der Waals surface area (Å²) in [5.74, 6) is 0. The first-order chi connectivity index (χ1) is 7.26. The van der Waals surface area contributed by atoms with Crippen LogP contribution >= 0.6 is 0 Å². The largest absolute Gasteiger partial charge is 0.313 e. The molecule has 1 fully saturated rings. The maximum absolute atomic E-state index is 14.5. The first-order valence-corrected chi connectivity index (χ1v) is 5.20. The van der Waals surface area contributed by atoms with E-state index in [0.717, 1.165) is 19.3 Å². The molecule has 80 valence electrons. The number of carbonyl (C=O) groups is 1. The highest BCUT2D eigenvalue weighted by molar-refractivity contribution is 5.77. The third kappa shape index (κ3) is 1.92. The lowest BCUT2D eigenvalue weighted by atomic mass is 9.86. The summed E-state index contributed by atoms with van der Waals surface area (Å²) in [7, 11) is 0. The van der Waals surface area contributed by atoms with E-state index in [4.69, 9.17) is 0 Å². The normalized spacial score (nSPS) is 26.2. The molecule has 0 radical (unpaired) electrons. The fourth-order valence-electron chi connectivity index (χ4n) is 2.11. The number of carbonyl (C=O) groups excluding carboxylic acids is 1. The van der Waals surface area contributed by atoms with Gasteiger partial charge in [-0.3, -0.25) is 4.79 Å².